The highest BCUT2D eigenvalue weighted by atomic mass is 32.2. The smallest absolute Gasteiger partial charge is 0.411 e. The van der Waals surface area contributed by atoms with Crippen LogP contribution in [0.15, 0.2) is 29.2 Å². The number of methoxy groups -OCH3 is 1. The number of rotatable bonds is 3. The van der Waals surface area contributed by atoms with Crippen molar-refractivity contribution in [1.29, 1.82) is 0 Å². The summed E-state index contributed by atoms with van der Waals surface area (Å²) in [7, 11) is 0.721. The molecule has 1 amide bonds. The standard InChI is InChI=1S/C10H14N2O4S/c1-12(2)17(14,15)9-6-4-8(5-7-9)11-10(13)16-3/h4-7H,1-3H3,(H,11,13). The van der Waals surface area contributed by atoms with E-state index in [2.05, 4.69) is 10.1 Å². The molecule has 17 heavy (non-hydrogen) atoms. The van der Waals surface area contributed by atoms with E-state index >= 15 is 0 Å². The van der Waals surface area contributed by atoms with E-state index in [1.807, 2.05) is 0 Å². The topological polar surface area (TPSA) is 75.7 Å². The molecule has 0 saturated heterocycles. The van der Waals surface area contributed by atoms with Gasteiger partial charge in [0, 0.05) is 19.8 Å². The lowest BCUT2D eigenvalue weighted by atomic mass is 10.3. The van der Waals surface area contributed by atoms with Gasteiger partial charge in [-0.25, -0.2) is 17.5 Å². The van der Waals surface area contributed by atoms with Crippen molar-refractivity contribution in [3.8, 4) is 0 Å². The molecule has 1 rings (SSSR count). The van der Waals surface area contributed by atoms with Gasteiger partial charge in [0.2, 0.25) is 10.0 Å². The fourth-order valence-corrected chi connectivity index (χ4v) is 1.99. The summed E-state index contributed by atoms with van der Waals surface area (Å²) < 4.78 is 29.0. The summed E-state index contributed by atoms with van der Waals surface area (Å²) >= 11 is 0. The minimum absolute atomic E-state index is 0.165. The molecule has 0 unspecified atom stereocenters. The van der Waals surface area contributed by atoms with Crippen LogP contribution in [-0.2, 0) is 14.8 Å². The number of hydrogen-bond acceptors (Lipinski definition) is 4. The molecule has 6 nitrogen and oxygen atoms in total. The molecule has 0 radical (unpaired) electrons. The second-order valence-corrected chi connectivity index (χ2v) is 5.58. The maximum Gasteiger partial charge on any atom is 0.411 e. The molecule has 0 aromatic heterocycles. The fraction of sp³-hybridized carbons (Fsp3) is 0.300. The lowest BCUT2D eigenvalue weighted by molar-refractivity contribution is 0.187. The summed E-state index contributed by atoms with van der Waals surface area (Å²) in [6.07, 6.45) is -0.604. The third-order valence-corrected chi connectivity index (χ3v) is 3.89. The van der Waals surface area contributed by atoms with Crippen LogP contribution in [0, 0.1) is 0 Å². The average molecular weight is 258 g/mol. The monoisotopic (exact) mass is 258 g/mol. The second kappa shape index (κ2) is 5.15. The Hall–Kier alpha value is -1.60. The van der Waals surface area contributed by atoms with Gasteiger partial charge in [-0.15, -0.1) is 0 Å². The zero-order chi connectivity index (χ0) is 13.1. The molecule has 0 spiro atoms. The van der Waals surface area contributed by atoms with Crippen LogP contribution in [0.25, 0.3) is 0 Å². The number of carbonyl (C=O) groups excluding carboxylic acids is 1. The molecule has 94 valence electrons. The van der Waals surface area contributed by atoms with E-state index in [9.17, 15) is 13.2 Å². The number of anilines is 1. The third-order valence-electron chi connectivity index (χ3n) is 2.06. The summed E-state index contributed by atoms with van der Waals surface area (Å²) in [5.41, 5.74) is 0.467. The normalized spacial score (nSPS) is 11.3. The number of nitrogens with one attached hydrogen (secondary N) is 1. The SMILES string of the molecule is COC(=O)Nc1ccc(S(=O)(=O)N(C)C)cc1. The molecule has 0 aliphatic heterocycles. The minimum Gasteiger partial charge on any atom is -0.453 e. The highest BCUT2D eigenvalue weighted by Crippen LogP contribution is 2.16. The quantitative estimate of drug-likeness (QED) is 0.881. The first-order valence-corrected chi connectivity index (χ1v) is 6.19. The molecule has 0 heterocycles. The summed E-state index contributed by atoms with van der Waals surface area (Å²) in [5, 5.41) is 2.43. The summed E-state index contributed by atoms with van der Waals surface area (Å²) in [4.78, 5) is 11.1. The maximum atomic E-state index is 11.7. The van der Waals surface area contributed by atoms with Crippen molar-refractivity contribution in [1.82, 2.24) is 4.31 Å². The number of nitrogens with zero attached hydrogens (tertiary/aromatic N) is 1. The van der Waals surface area contributed by atoms with Crippen LogP contribution < -0.4 is 5.32 Å². The van der Waals surface area contributed by atoms with Gasteiger partial charge in [0.1, 0.15) is 0 Å². The van der Waals surface area contributed by atoms with Crippen molar-refractivity contribution >= 4 is 21.8 Å². The number of benzene rings is 1. The van der Waals surface area contributed by atoms with Crippen molar-refractivity contribution in [2.45, 2.75) is 4.90 Å². The van der Waals surface area contributed by atoms with E-state index in [4.69, 9.17) is 0 Å². The van der Waals surface area contributed by atoms with Crippen LogP contribution in [0.3, 0.4) is 0 Å². The van der Waals surface area contributed by atoms with Crippen LogP contribution in [0.4, 0.5) is 10.5 Å². The number of hydrogen-bond donors (Lipinski definition) is 1. The molecular weight excluding hydrogens is 244 g/mol. The van der Waals surface area contributed by atoms with E-state index in [-0.39, 0.29) is 4.90 Å². The van der Waals surface area contributed by atoms with E-state index in [0.717, 1.165) is 4.31 Å². The van der Waals surface area contributed by atoms with Crippen molar-refractivity contribution < 1.29 is 17.9 Å². The van der Waals surface area contributed by atoms with Gasteiger partial charge in [-0.3, -0.25) is 5.32 Å². The maximum absolute atomic E-state index is 11.7. The molecule has 0 fully saturated rings. The summed E-state index contributed by atoms with van der Waals surface area (Å²) in [6.45, 7) is 0. The van der Waals surface area contributed by atoms with Gasteiger partial charge in [-0.2, -0.15) is 0 Å². The molecule has 1 aromatic carbocycles. The Morgan fingerprint density at radius 1 is 1.24 bits per heavy atom. The Kier molecular flexibility index (Phi) is 4.08. The largest absolute Gasteiger partial charge is 0.453 e. The Balaban J connectivity index is 2.93. The third kappa shape index (κ3) is 3.18. The van der Waals surface area contributed by atoms with Gasteiger partial charge >= 0.3 is 6.09 Å². The number of sulfonamides is 1. The van der Waals surface area contributed by atoms with Crippen LogP contribution in [0.1, 0.15) is 0 Å². The highest BCUT2D eigenvalue weighted by Gasteiger charge is 2.16. The van der Waals surface area contributed by atoms with E-state index < -0.39 is 16.1 Å². The van der Waals surface area contributed by atoms with Gasteiger partial charge in [-0.05, 0) is 24.3 Å². The molecule has 0 bridgehead atoms. The minimum atomic E-state index is -3.44. The first-order valence-electron chi connectivity index (χ1n) is 4.75. The summed E-state index contributed by atoms with van der Waals surface area (Å²) in [6, 6.07) is 5.82. The first-order chi connectivity index (χ1) is 7.87. The predicted molar refractivity (Wildman–Crippen MR) is 63.3 cm³/mol. The van der Waals surface area contributed by atoms with Gasteiger partial charge in [-0.1, -0.05) is 0 Å². The molecule has 0 aliphatic rings. The number of carbonyl (C=O) groups is 1. The van der Waals surface area contributed by atoms with Crippen molar-refractivity contribution in [3.05, 3.63) is 24.3 Å². The molecule has 0 saturated carbocycles. The lowest BCUT2D eigenvalue weighted by Crippen LogP contribution is -2.22. The number of ether oxygens (including phenoxy) is 1. The Bertz CT molecular complexity index is 494. The first kappa shape index (κ1) is 13.5. The van der Waals surface area contributed by atoms with E-state index in [1.165, 1.54) is 45.5 Å². The van der Waals surface area contributed by atoms with E-state index in [1.54, 1.807) is 0 Å². The molecule has 7 heteroatoms. The van der Waals surface area contributed by atoms with Crippen molar-refractivity contribution in [3.63, 3.8) is 0 Å². The van der Waals surface area contributed by atoms with Gasteiger partial charge in [0.15, 0.2) is 0 Å². The van der Waals surface area contributed by atoms with Gasteiger partial charge in [0.25, 0.3) is 0 Å². The molecular formula is C10H14N2O4S. The molecule has 0 atom stereocenters. The molecule has 1 aromatic rings. The van der Waals surface area contributed by atoms with Crippen molar-refractivity contribution in [2.24, 2.45) is 0 Å². The van der Waals surface area contributed by atoms with Crippen LogP contribution in [-0.4, -0.2) is 40.0 Å². The summed E-state index contributed by atoms with van der Waals surface area (Å²) in [5.74, 6) is 0. The zero-order valence-electron chi connectivity index (χ0n) is 9.80. The predicted octanol–water partition coefficient (Wildman–Crippen LogP) is 1.12. The Morgan fingerprint density at radius 2 is 1.76 bits per heavy atom. The highest BCUT2D eigenvalue weighted by molar-refractivity contribution is 7.89. The molecule has 0 aliphatic carbocycles. The van der Waals surface area contributed by atoms with Gasteiger partial charge < -0.3 is 4.74 Å². The zero-order valence-corrected chi connectivity index (χ0v) is 10.6. The lowest BCUT2D eigenvalue weighted by Gasteiger charge is -2.11. The molecule has 1 N–H and O–H groups in total. The Morgan fingerprint density at radius 3 is 2.18 bits per heavy atom. The number of amides is 1. The second-order valence-electron chi connectivity index (χ2n) is 3.43. The van der Waals surface area contributed by atoms with Crippen molar-refractivity contribution in [2.75, 3.05) is 26.5 Å². The van der Waals surface area contributed by atoms with Crippen LogP contribution in [0.5, 0.6) is 0 Å². The Labute approximate surface area is 100 Å². The van der Waals surface area contributed by atoms with Crippen LogP contribution >= 0.6 is 0 Å². The fourth-order valence-electron chi connectivity index (χ4n) is 1.09. The average Bonchev–Trinajstić information content (AvgIpc) is 2.29. The van der Waals surface area contributed by atoms with E-state index in [0.29, 0.717) is 5.69 Å². The van der Waals surface area contributed by atoms with Gasteiger partial charge in [0.05, 0.1) is 12.0 Å². The van der Waals surface area contributed by atoms with Crippen LogP contribution in [0.2, 0.25) is 0 Å².